The monoisotopic (exact) mass is 211 g/mol. The van der Waals surface area contributed by atoms with E-state index in [1.807, 2.05) is 0 Å². The van der Waals surface area contributed by atoms with Crippen LogP contribution in [0.15, 0.2) is 16.6 Å². The number of hydrogen-bond donors (Lipinski definition) is 1. The molecule has 0 fully saturated rings. The zero-order valence-electron chi connectivity index (χ0n) is 6.88. The predicted octanol–water partition coefficient (Wildman–Crippen LogP) is -0.0624. The van der Waals surface area contributed by atoms with E-state index in [9.17, 15) is 9.59 Å². The minimum atomic E-state index is -1.08. The Morgan fingerprint density at radius 1 is 1.57 bits per heavy atom. The molecule has 6 nitrogen and oxygen atoms in total. The Bertz CT molecular complexity index is 544. The molecule has 0 aliphatic rings. The Morgan fingerprint density at radius 2 is 2.36 bits per heavy atom. The normalized spacial score (nSPS) is 10.6. The van der Waals surface area contributed by atoms with Crippen LogP contribution in [0.3, 0.4) is 0 Å². The van der Waals surface area contributed by atoms with Crippen molar-refractivity contribution in [2.45, 2.75) is 6.54 Å². The largest absolute Gasteiger partial charge is 0.480 e. The molecule has 7 heteroatoms. The summed E-state index contributed by atoms with van der Waals surface area (Å²) in [6.45, 7) is -0.390. The minimum Gasteiger partial charge on any atom is -0.480 e. The summed E-state index contributed by atoms with van der Waals surface area (Å²) in [6.07, 6.45) is 1.22. The van der Waals surface area contributed by atoms with Crippen LogP contribution in [0.4, 0.5) is 0 Å². The topological polar surface area (TPSA) is 85.1 Å². The number of nitrogens with zero attached hydrogens (tertiary/aromatic N) is 3. The summed E-state index contributed by atoms with van der Waals surface area (Å²) < 4.78 is 1.02. The van der Waals surface area contributed by atoms with Crippen molar-refractivity contribution in [2.24, 2.45) is 0 Å². The second-order valence-corrected chi connectivity index (χ2v) is 3.41. The highest BCUT2D eigenvalue weighted by atomic mass is 32.1. The van der Waals surface area contributed by atoms with E-state index in [2.05, 4.69) is 9.97 Å². The number of fused-ring (bicyclic) bond motifs is 1. The third-order valence-corrected chi connectivity index (χ3v) is 2.36. The maximum Gasteiger partial charge on any atom is 0.323 e. The zero-order valence-corrected chi connectivity index (χ0v) is 7.69. The van der Waals surface area contributed by atoms with Gasteiger partial charge in [-0.1, -0.05) is 0 Å². The van der Waals surface area contributed by atoms with Crippen LogP contribution >= 0.6 is 11.3 Å². The van der Waals surface area contributed by atoms with Gasteiger partial charge in [0.2, 0.25) is 0 Å². The number of carbonyl (C=O) groups is 1. The van der Waals surface area contributed by atoms with Crippen LogP contribution in [0, 0.1) is 0 Å². The van der Waals surface area contributed by atoms with E-state index in [1.165, 1.54) is 23.2 Å². The van der Waals surface area contributed by atoms with Crippen molar-refractivity contribution in [3.8, 4) is 0 Å². The molecule has 0 radical (unpaired) electrons. The van der Waals surface area contributed by atoms with Gasteiger partial charge in [0, 0.05) is 0 Å². The molecule has 1 N–H and O–H groups in total. The van der Waals surface area contributed by atoms with Crippen LogP contribution in [0.1, 0.15) is 0 Å². The second kappa shape index (κ2) is 3.18. The predicted molar refractivity (Wildman–Crippen MR) is 49.3 cm³/mol. The molecule has 14 heavy (non-hydrogen) atoms. The van der Waals surface area contributed by atoms with Crippen molar-refractivity contribution in [1.29, 1.82) is 0 Å². The maximum atomic E-state index is 11.5. The van der Waals surface area contributed by atoms with Crippen molar-refractivity contribution < 1.29 is 9.90 Å². The van der Waals surface area contributed by atoms with Gasteiger partial charge in [0.25, 0.3) is 5.56 Å². The first kappa shape index (κ1) is 8.82. The number of aliphatic carboxylic acids is 1. The van der Waals surface area contributed by atoms with Crippen molar-refractivity contribution in [2.75, 3.05) is 0 Å². The Morgan fingerprint density at radius 3 is 3.07 bits per heavy atom. The van der Waals surface area contributed by atoms with Gasteiger partial charge in [-0.05, 0) is 0 Å². The van der Waals surface area contributed by atoms with Gasteiger partial charge in [-0.3, -0.25) is 14.2 Å². The summed E-state index contributed by atoms with van der Waals surface area (Å²) in [5.41, 5.74) is 1.31. The van der Waals surface area contributed by atoms with Crippen LogP contribution in [-0.2, 0) is 11.3 Å². The van der Waals surface area contributed by atoms with E-state index in [0.717, 1.165) is 4.57 Å². The lowest BCUT2D eigenvalue weighted by atomic mass is 10.5. The molecule has 2 rings (SSSR count). The van der Waals surface area contributed by atoms with Crippen LogP contribution in [0.2, 0.25) is 0 Å². The molecule has 0 spiro atoms. The maximum absolute atomic E-state index is 11.5. The van der Waals surface area contributed by atoms with Crippen LogP contribution < -0.4 is 5.56 Å². The lowest BCUT2D eigenvalue weighted by Crippen LogP contribution is -2.24. The molecular weight excluding hydrogens is 206 g/mol. The molecule has 2 heterocycles. The Kier molecular flexibility index (Phi) is 2.01. The Hall–Kier alpha value is -1.76. The molecular formula is C7H5N3O3S. The van der Waals surface area contributed by atoms with Crippen molar-refractivity contribution in [1.82, 2.24) is 14.5 Å². The van der Waals surface area contributed by atoms with Crippen LogP contribution in [0.25, 0.3) is 10.3 Å². The van der Waals surface area contributed by atoms with Gasteiger partial charge in [-0.2, -0.15) is 0 Å². The summed E-state index contributed by atoms with van der Waals surface area (Å²) in [5, 5.41) is 8.51. The highest BCUT2D eigenvalue weighted by Crippen LogP contribution is 2.09. The third kappa shape index (κ3) is 1.37. The molecule has 0 aliphatic heterocycles. The first-order chi connectivity index (χ1) is 6.68. The summed E-state index contributed by atoms with van der Waals surface area (Å²) in [6, 6.07) is 0. The van der Waals surface area contributed by atoms with E-state index in [4.69, 9.17) is 5.11 Å². The second-order valence-electron chi connectivity index (χ2n) is 2.58. The third-order valence-electron chi connectivity index (χ3n) is 1.63. The molecule has 0 amide bonds. The molecule has 2 aromatic heterocycles. The standard InChI is InChI=1S/C7H5N3O3S/c11-4(12)1-10-2-8-6-5(7(10)13)9-3-14-6/h2-3H,1H2,(H,11,12). The molecule has 0 bridgehead atoms. The fourth-order valence-electron chi connectivity index (χ4n) is 1.05. The number of hydrogen-bond acceptors (Lipinski definition) is 5. The molecule has 72 valence electrons. The average Bonchev–Trinajstić information content (AvgIpc) is 2.57. The summed E-state index contributed by atoms with van der Waals surface area (Å²) in [5.74, 6) is -1.08. The number of aromatic nitrogens is 3. The summed E-state index contributed by atoms with van der Waals surface area (Å²) in [7, 11) is 0. The first-order valence-corrected chi connectivity index (χ1v) is 4.57. The smallest absolute Gasteiger partial charge is 0.323 e. The van der Waals surface area contributed by atoms with Gasteiger partial charge in [-0.25, -0.2) is 9.97 Å². The number of thiazole rings is 1. The summed E-state index contributed by atoms with van der Waals surface area (Å²) >= 11 is 1.25. The van der Waals surface area contributed by atoms with E-state index in [-0.39, 0.29) is 12.1 Å². The molecule has 2 aromatic rings. The van der Waals surface area contributed by atoms with E-state index < -0.39 is 11.5 Å². The fourth-order valence-corrected chi connectivity index (χ4v) is 1.66. The lowest BCUT2D eigenvalue weighted by Gasteiger charge is -1.98. The van der Waals surface area contributed by atoms with Gasteiger partial charge in [0.15, 0.2) is 10.3 Å². The van der Waals surface area contributed by atoms with E-state index in [0.29, 0.717) is 4.83 Å². The molecule has 0 aromatic carbocycles. The first-order valence-electron chi connectivity index (χ1n) is 3.69. The van der Waals surface area contributed by atoms with Gasteiger partial charge < -0.3 is 5.11 Å². The molecule has 0 aliphatic carbocycles. The average molecular weight is 211 g/mol. The molecule has 0 saturated heterocycles. The molecule has 0 saturated carbocycles. The highest BCUT2D eigenvalue weighted by molar-refractivity contribution is 7.16. The number of carboxylic acid groups (broad SMARTS) is 1. The van der Waals surface area contributed by atoms with E-state index >= 15 is 0 Å². The quantitative estimate of drug-likeness (QED) is 0.752. The van der Waals surface area contributed by atoms with E-state index in [1.54, 1.807) is 0 Å². The summed E-state index contributed by atoms with van der Waals surface area (Å²) in [4.78, 5) is 30.2. The highest BCUT2D eigenvalue weighted by Gasteiger charge is 2.08. The molecule has 0 atom stereocenters. The zero-order chi connectivity index (χ0) is 10.1. The molecule has 0 unspecified atom stereocenters. The van der Waals surface area contributed by atoms with Crippen LogP contribution in [-0.4, -0.2) is 25.6 Å². The Balaban J connectivity index is 2.62. The van der Waals surface area contributed by atoms with Crippen molar-refractivity contribution in [3.05, 3.63) is 22.2 Å². The van der Waals surface area contributed by atoms with Gasteiger partial charge in [0.05, 0.1) is 11.8 Å². The van der Waals surface area contributed by atoms with Gasteiger partial charge >= 0.3 is 5.97 Å². The lowest BCUT2D eigenvalue weighted by molar-refractivity contribution is -0.137. The SMILES string of the molecule is O=C(O)Cn1cnc2scnc2c1=O. The minimum absolute atomic E-state index is 0.221. The van der Waals surface area contributed by atoms with Crippen molar-refractivity contribution in [3.63, 3.8) is 0 Å². The number of carboxylic acids is 1. The number of rotatable bonds is 2. The fraction of sp³-hybridized carbons (Fsp3) is 0.143. The van der Waals surface area contributed by atoms with Gasteiger partial charge in [-0.15, -0.1) is 11.3 Å². The van der Waals surface area contributed by atoms with Gasteiger partial charge in [0.1, 0.15) is 6.54 Å². The van der Waals surface area contributed by atoms with Crippen LogP contribution in [0.5, 0.6) is 0 Å². The van der Waals surface area contributed by atoms with Crippen molar-refractivity contribution >= 4 is 27.7 Å². The Labute approximate surface area is 81.5 Å².